The molecule has 0 unspecified atom stereocenters. The molecule has 2 aliphatic rings. The average Bonchev–Trinajstić information content (AvgIpc) is 2.81. The van der Waals surface area contributed by atoms with Gasteiger partial charge in [-0.1, -0.05) is 84.7 Å². The number of carbonyl (C=O) groups excluding carboxylic acids is 2. The number of ketones is 2. The third-order valence-corrected chi connectivity index (χ3v) is 9.33. The van der Waals surface area contributed by atoms with Gasteiger partial charge in [-0.3, -0.25) is 9.59 Å². The van der Waals surface area contributed by atoms with Crippen molar-refractivity contribution in [1.29, 1.82) is 0 Å². The fraction of sp³-hybridized carbons (Fsp3) is 0.750. The summed E-state index contributed by atoms with van der Waals surface area (Å²) in [4.78, 5) is 27.2. The Balaban J connectivity index is 1.71. The summed E-state index contributed by atoms with van der Waals surface area (Å²) in [6.07, 6.45) is 8.97. The lowest BCUT2D eigenvalue weighted by Crippen LogP contribution is -2.34. The predicted octanol–water partition coefficient (Wildman–Crippen LogP) is 8.50. The average molecular weight is 467 g/mol. The Kier molecular flexibility index (Phi) is 9.98. The van der Waals surface area contributed by atoms with Crippen LogP contribution in [0.3, 0.4) is 0 Å². The molecular formula is C32H50O2. The maximum absolute atomic E-state index is 13.7. The van der Waals surface area contributed by atoms with Crippen molar-refractivity contribution < 1.29 is 9.59 Å². The van der Waals surface area contributed by atoms with E-state index in [1.54, 1.807) is 0 Å². The van der Waals surface area contributed by atoms with E-state index in [0.29, 0.717) is 59.9 Å². The first-order chi connectivity index (χ1) is 16.2. The Morgan fingerprint density at radius 3 is 1.76 bits per heavy atom. The molecule has 0 heterocycles. The number of hydrogen-bond donors (Lipinski definition) is 0. The first-order valence-electron chi connectivity index (χ1n) is 14.3. The van der Waals surface area contributed by atoms with Crippen molar-refractivity contribution in [2.24, 2.45) is 47.3 Å². The number of rotatable bonds is 10. The predicted molar refractivity (Wildman–Crippen MR) is 143 cm³/mol. The van der Waals surface area contributed by atoms with Crippen LogP contribution in [0.1, 0.15) is 111 Å². The van der Waals surface area contributed by atoms with Crippen LogP contribution in [0.5, 0.6) is 0 Å². The van der Waals surface area contributed by atoms with Gasteiger partial charge < -0.3 is 0 Å². The van der Waals surface area contributed by atoms with Crippen LogP contribution in [-0.2, 0) is 9.59 Å². The summed E-state index contributed by atoms with van der Waals surface area (Å²) in [6, 6.07) is 10.5. The summed E-state index contributed by atoms with van der Waals surface area (Å²) in [5.41, 5.74) is 1.23. The SMILES string of the molecule is CC(C)[C@@H]1CC[C@@H](C)C[C@H]1C(=O)CC[C@@H](CC(=O)[C@@H]1C[C@H](C)CC[C@H]1C(C)C)c1ccccc1. The minimum absolute atomic E-state index is 0.154. The van der Waals surface area contributed by atoms with Crippen LogP contribution in [0.15, 0.2) is 30.3 Å². The molecule has 2 aliphatic carbocycles. The summed E-state index contributed by atoms with van der Waals surface area (Å²) < 4.78 is 0. The molecule has 1 aromatic rings. The minimum Gasteiger partial charge on any atom is -0.299 e. The highest BCUT2D eigenvalue weighted by Crippen LogP contribution is 2.42. The molecule has 2 saturated carbocycles. The largest absolute Gasteiger partial charge is 0.299 e. The van der Waals surface area contributed by atoms with Gasteiger partial charge in [0.05, 0.1) is 0 Å². The lowest BCUT2D eigenvalue weighted by Gasteiger charge is -2.37. The second-order valence-electron chi connectivity index (χ2n) is 12.6. The van der Waals surface area contributed by atoms with Crippen LogP contribution < -0.4 is 0 Å². The molecule has 0 aromatic heterocycles. The van der Waals surface area contributed by atoms with Gasteiger partial charge in [-0.2, -0.15) is 0 Å². The van der Waals surface area contributed by atoms with Crippen LogP contribution in [0.25, 0.3) is 0 Å². The summed E-state index contributed by atoms with van der Waals surface area (Å²) >= 11 is 0. The zero-order valence-electron chi connectivity index (χ0n) is 22.8. The van der Waals surface area contributed by atoms with Gasteiger partial charge in [0, 0.05) is 24.7 Å². The second kappa shape index (κ2) is 12.5. The molecular weight excluding hydrogens is 416 g/mol. The molecule has 1 aromatic carbocycles. The summed E-state index contributed by atoms with van der Waals surface area (Å²) in [7, 11) is 0. The van der Waals surface area contributed by atoms with Gasteiger partial charge in [0.2, 0.25) is 0 Å². The second-order valence-corrected chi connectivity index (χ2v) is 12.6. The summed E-state index contributed by atoms with van der Waals surface area (Å²) in [5, 5.41) is 0. The normalized spacial score (nSPS) is 30.9. The molecule has 0 amide bonds. The van der Waals surface area contributed by atoms with Crippen LogP contribution in [-0.4, -0.2) is 11.6 Å². The van der Waals surface area contributed by atoms with E-state index in [2.05, 4.69) is 65.8 Å². The maximum Gasteiger partial charge on any atom is 0.136 e. The molecule has 0 bridgehead atoms. The first kappa shape index (κ1) is 27.2. The number of hydrogen-bond acceptors (Lipinski definition) is 2. The first-order valence-corrected chi connectivity index (χ1v) is 14.3. The van der Waals surface area contributed by atoms with Crippen LogP contribution in [0.2, 0.25) is 0 Å². The monoisotopic (exact) mass is 466 g/mol. The molecule has 3 rings (SSSR count). The maximum atomic E-state index is 13.7. The zero-order chi connectivity index (χ0) is 24.8. The lowest BCUT2D eigenvalue weighted by atomic mass is 9.66. The fourth-order valence-electron chi connectivity index (χ4n) is 7.15. The molecule has 34 heavy (non-hydrogen) atoms. The van der Waals surface area contributed by atoms with Crippen molar-refractivity contribution in [3.63, 3.8) is 0 Å². The Labute approximate surface area is 209 Å². The van der Waals surface area contributed by atoms with Crippen molar-refractivity contribution in [3.05, 3.63) is 35.9 Å². The van der Waals surface area contributed by atoms with Crippen molar-refractivity contribution >= 4 is 11.6 Å². The van der Waals surface area contributed by atoms with Crippen LogP contribution >= 0.6 is 0 Å². The Hall–Kier alpha value is -1.44. The Morgan fingerprint density at radius 1 is 0.765 bits per heavy atom. The Bertz CT molecular complexity index is 779. The van der Waals surface area contributed by atoms with E-state index in [1.807, 2.05) is 6.07 Å². The molecule has 2 nitrogen and oxygen atoms in total. The fourth-order valence-corrected chi connectivity index (χ4v) is 7.15. The van der Waals surface area contributed by atoms with Gasteiger partial charge in [0.25, 0.3) is 0 Å². The van der Waals surface area contributed by atoms with Gasteiger partial charge >= 0.3 is 0 Å². The van der Waals surface area contributed by atoms with Crippen molar-refractivity contribution in [2.45, 2.75) is 105 Å². The number of Topliss-reactive ketones (excluding diaryl/α,β-unsaturated/α-hetero) is 2. The number of benzene rings is 1. The summed E-state index contributed by atoms with van der Waals surface area (Å²) in [6.45, 7) is 13.7. The smallest absolute Gasteiger partial charge is 0.136 e. The van der Waals surface area contributed by atoms with E-state index < -0.39 is 0 Å². The summed E-state index contributed by atoms with van der Waals surface area (Å²) in [5.74, 6) is 4.89. The third kappa shape index (κ3) is 7.05. The van der Waals surface area contributed by atoms with Gasteiger partial charge in [0.15, 0.2) is 0 Å². The topological polar surface area (TPSA) is 34.1 Å². The van der Waals surface area contributed by atoms with Crippen molar-refractivity contribution in [1.82, 2.24) is 0 Å². The van der Waals surface area contributed by atoms with Crippen LogP contribution in [0.4, 0.5) is 0 Å². The van der Waals surface area contributed by atoms with Gasteiger partial charge in [0.1, 0.15) is 11.6 Å². The highest BCUT2D eigenvalue weighted by atomic mass is 16.1. The quantitative estimate of drug-likeness (QED) is 0.346. The molecule has 0 spiro atoms. The van der Waals surface area contributed by atoms with E-state index in [1.165, 1.54) is 31.2 Å². The molecule has 190 valence electrons. The van der Waals surface area contributed by atoms with E-state index in [9.17, 15) is 9.59 Å². The Morgan fingerprint density at radius 2 is 1.26 bits per heavy atom. The van der Waals surface area contributed by atoms with Gasteiger partial charge in [-0.15, -0.1) is 0 Å². The highest BCUT2D eigenvalue weighted by Gasteiger charge is 2.37. The van der Waals surface area contributed by atoms with E-state index in [-0.39, 0.29) is 17.8 Å². The molecule has 0 radical (unpaired) electrons. The molecule has 2 fully saturated rings. The molecule has 0 N–H and O–H groups in total. The van der Waals surface area contributed by atoms with E-state index in [0.717, 1.165) is 19.3 Å². The molecule has 0 saturated heterocycles. The van der Waals surface area contributed by atoms with Crippen molar-refractivity contribution in [3.8, 4) is 0 Å². The van der Waals surface area contributed by atoms with E-state index >= 15 is 0 Å². The standard InChI is InChI=1S/C32H50O2/c1-21(2)27-15-12-23(5)18-29(27)31(33)17-14-26(25-10-8-7-9-11-25)20-32(34)30-19-24(6)13-16-28(30)22(3)4/h7-11,21-24,26-30H,12-20H2,1-6H3/t23-,24-,26+,27+,28+,29-,30-/m1/s1. The lowest BCUT2D eigenvalue weighted by molar-refractivity contribution is -0.129. The van der Waals surface area contributed by atoms with E-state index in [4.69, 9.17) is 0 Å². The highest BCUT2D eigenvalue weighted by molar-refractivity contribution is 5.83. The van der Waals surface area contributed by atoms with Crippen molar-refractivity contribution in [2.75, 3.05) is 0 Å². The molecule has 2 heteroatoms. The minimum atomic E-state index is 0.154. The zero-order valence-corrected chi connectivity index (χ0v) is 22.8. The molecule has 0 aliphatic heterocycles. The van der Waals surface area contributed by atoms with Crippen LogP contribution in [0, 0.1) is 47.3 Å². The number of carbonyl (C=O) groups is 2. The molecule has 7 atom stereocenters. The van der Waals surface area contributed by atoms with Gasteiger partial charge in [-0.25, -0.2) is 0 Å². The third-order valence-electron chi connectivity index (χ3n) is 9.33. The van der Waals surface area contributed by atoms with Gasteiger partial charge in [-0.05, 0) is 79.1 Å².